The van der Waals surface area contributed by atoms with Crippen LogP contribution in [-0.4, -0.2) is 47.7 Å². The molecular formula is C16H15N5O5. The molecule has 134 valence electrons. The molecule has 26 heavy (non-hydrogen) atoms. The first-order valence-corrected chi connectivity index (χ1v) is 7.64. The molecule has 0 aliphatic carbocycles. The molecule has 2 heterocycles. The number of aromatic nitrogens is 4. The van der Waals surface area contributed by atoms with E-state index in [-0.39, 0.29) is 17.1 Å². The molecule has 10 nitrogen and oxygen atoms in total. The molecule has 0 radical (unpaired) electrons. The second-order valence-electron chi connectivity index (χ2n) is 5.58. The van der Waals surface area contributed by atoms with Crippen molar-refractivity contribution in [2.45, 2.75) is 19.0 Å². The van der Waals surface area contributed by atoms with Crippen molar-refractivity contribution in [3.05, 3.63) is 52.6 Å². The number of hydrogen-bond donors (Lipinski definition) is 4. The lowest BCUT2D eigenvalue weighted by atomic mass is 10.2. The fourth-order valence-corrected chi connectivity index (χ4v) is 2.49. The van der Waals surface area contributed by atoms with Gasteiger partial charge in [0.15, 0.2) is 11.2 Å². The topological polar surface area (TPSA) is 150 Å². The molecule has 0 amide bonds. The van der Waals surface area contributed by atoms with Crippen LogP contribution in [0.2, 0.25) is 0 Å². The zero-order valence-electron chi connectivity index (χ0n) is 13.4. The Morgan fingerprint density at radius 3 is 2.62 bits per heavy atom. The van der Waals surface area contributed by atoms with Gasteiger partial charge in [-0.1, -0.05) is 30.3 Å². The van der Waals surface area contributed by atoms with Crippen molar-refractivity contribution >= 4 is 29.1 Å². The van der Waals surface area contributed by atoms with E-state index in [1.54, 1.807) is 4.57 Å². The lowest BCUT2D eigenvalue weighted by Gasteiger charge is -2.12. The van der Waals surface area contributed by atoms with E-state index < -0.39 is 30.0 Å². The quantitative estimate of drug-likeness (QED) is 0.477. The molecule has 1 atom stereocenters. The predicted octanol–water partition coefficient (Wildman–Crippen LogP) is 0.508. The Balaban J connectivity index is 1.91. The summed E-state index contributed by atoms with van der Waals surface area (Å²) in [6, 6.07) is 8.04. The molecule has 0 saturated carbocycles. The number of nitrogens with zero attached hydrogens (tertiary/aromatic N) is 3. The van der Waals surface area contributed by atoms with Crippen LogP contribution >= 0.6 is 0 Å². The van der Waals surface area contributed by atoms with Crippen LogP contribution < -0.4 is 10.9 Å². The second-order valence-corrected chi connectivity index (χ2v) is 5.58. The highest BCUT2D eigenvalue weighted by Crippen LogP contribution is 2.11. The normalized spacial score (nSPS) is 12.0. The lowest BCUT2D eigenvalue weighted by molar-refractivity contribution is -0.144. The highest BCUT2D eigenvalue weighted by atomic mass is 16.4. The smallest absolute Gasteiger partial charge is 0.326 e. The number of aliphatic carboxylic acids is 2. The Kier molecular flexibility index (Phi) is 4.65. The third-order valence-corrected chi connectivity index (χ3v) is 3.67. The maximum atomic E-state index is 12.4. The van der Waals surface area contributed by atoms with Crippen molar-refractivity contribution in [3.8, 4) is 0 Å². The number of anilines is 1. The Morgan fingerprint density at radius 2 is 1.96 bits per heavy atom. The minimum absolute atomic E-state index is 0.131. The summed E-state index contributed by atoms with van der Waals surface area (Å²) in [5.41, 5.74) is 0.836. The minimum atomic E-state index is -1.43. The minimum Gasteiger partial charge on any atom is -0.481 e. The van der Waals surface area contributed by atoms with Crippen molar-refractivity contribution < 1.29 is 19.8 Å². The molecule has 0 aliphatic heterocycles. The monoisotopic (exact) mass is 357 g/mol. The van der Waals surface area contributed by atoms with Gasteiger partial charge in [0.2, 0.25) is 5.95 Å². The van der Waals surface area contributed by atoms with Gasteiger partial charge in [-0.3, -0.25) is 14.6 Å². The first-order valence-electron chi connectivity index (χ1n) is 7.64. The van der Waals surface area contributed by atoms with Crippen LogP contribution in [0, 0.1) is 0 Å². The van der Waals surface area contributed by atoms with Crippen molar-refractivity contribution in [2.75, 3.05) is 5.32 Å². The van der Waals surface area contributed by atoms with Crippen LogP contribution in [-0.2, 0) is 16.1 Å². The van der Waals surface area contributed by atoms with Gasteiger partial charge >= 0.3 is 11.9 Å². The highest BCUT2D eigenvalue weighted by molar-refractivity contribution is 5.83. The van der Waals surface area contributed by atoms with E-state index in [1.807, 2.05) is 30.3 Å². The summed E-state index contributed by atoms with van der Waals surface area (Å²) >= 11 is 0. The number of carboxylic acids is 2. The molecule has 3 aromatic rings. The maximum absolute atomic E-state index is 12.4. The molecule has 0 fully saturated rings. The SMILES string of the molecule is O=C(O)CC(Nc1nc2ncn(Cc3ccccc3)c2c(=O)[nH]1)C(=O)O. The lowest BCUT2D eigenvalue weighted by Crippen LogP contribution is -2.33. The van der Waals surface area contributed by atoms with E-state index in [1.165, 1.54) is 6.33 Å². The van der Waals surface area contributed by atoms with E-state index in [0.717, 1.165) is 5.56 Å². The average molecular weight is 357 g/mol. The van der Waals surface area contributed by atoms with Crippen LogP contribution in [0.15, 0.2) is 41.5 Å². The maximum Gasteiger partial charge on any atom is 0.326 e. The summed E-state index contributed by atoms with van der Waals surface area (Å²) in [4.78, 5) is 44.8. The van der Waals surface area contributed by atoms with Gasteiger partial charge in [-0.15, -0.1) is 0 Å². The first-order chi connectivity index (χ1) is 12.4. The number of nitrogens with one attached hydrogen (secondary N) is 2. The standard InChI is InChI=1S/C16H15N5O5/c22-11(23)6-10(15(25)26)18-16-19-13-12(14(24)20-16)21(8-17-13)7-9-4-2-1-3-5-9/h1-5,8,10H,6-7H2,(H,22,23)(H,25,26)(H2,18,19,20,24). The number of imidazole rings is 1. The Hall–Kier alpha value is -3.69. The van der Waals surface area contributed by atoms with Gasteiger partial charge < -0.3 is 20.1 Å². The number of benzene rings is 1. The van der Waals surface area contributed by atoms with Crippen molar-refractivity contribution in [1.29, 1.82) is 0 Å². The third kappa shape index (κ3) is 3.69. The summed E-state index contributed by atoms with van der Waals surface area (Å²) in [6.07, 6.45) is 0.801. The summed E-state index contributed by atoms with van der Waals surface area (Å²) in [7, 11) is 0. The number of H-pyrrole nitrogens is 1. The number of fused-ring (bicyclic) bond motifs is 1. The van der Waals surface area contributed by atoms with Gasteiger partial charge in [0.05, 0.1) is 12.7 Å². The van der Waals surface area contributed by atoms with Crippen molar-refractivity contribution in [2.24, 2.45) is 0 Å². The van der Waals surface area contributed by atoms with Gasteiger partial charge in [0, 0.05) is 6.54 Å². The fourth-order valence-electron chi connectivity index (χ4n) is 2.49. The third-order valence-electron chi connectivity index (χ3n) is 3.67. The summed E-state index contributed by atoms with van der Waals surface area (Å²) in [5, 5.41) is 20.2. The van der Waals surface area contributed by atoms with Crippen LogP contribution in [0.3, 0.4) is 0 Å². The van der Waals surface area contributed by atoms with E-state index >= 15 is 0 Å². The van der Waals surface area contributed by atoms with Gasteiger partial charge in [-0.2, -0.15) is 4.98 Å². The summed E-state index contributed by atoms with van der Waals surface area (Å²) in [6.45, 7) is 0.422. The fraction of sp³-hybridized carbons (Fsp3) is 0.188. The number of hydrogen-bond acceptors (Lipinski definition) is 6. The van der Waals surface area contributed by atoms with E-state index in [0.29, 0.717) is 6.54 Å². The Labute approximate surface area is 146 Å². The van der Waals surface area contributed by atoms with Gasteiger partial charge in [-0.25, -0.2) is 9.78 Å². The van der Waals surface area contributed by atoms with Gasteiger partial charge in [0.25, 0.3) is 5.56 Å². The highest BCUT2D eigenvalue weighted by Gasteiger charge is 2.22. The second kappa shape index (κ2) is 7.05. The van der Waals surface area contributed by atoms with E-state index in [2.05, 4.69) is 20.3 Å². The molecule has 0 aliphatic rings. The molecule has 1 aromatic carbocycles. The number of rotatable bonds is 7. The predicted molar refractivity (Wildman–Crippen MR) is 91.0 cm³/mol. The molecule has 0 spiro atoms. The zero-order valence-corrected chi connectivity index (χ0v) is 13.4. The van der Waals surface area contributed by atoms with Crippen molar-refractivity contribution in [1.82, 2.24) is 19.5 Å². The average Bonchev–Trinajstić information content (AvgIpc) is 2.98. The summed E-state index contributed by atoms with van der Waals surface area (Å²) < 4.78 is 1.63. The zero-order chi connectivity index (χ0) is 18.7. The first kappa shape index (κ1) is 17.1. The van der Waals surface area contributed by atoms with Crippen LogP contribution in [0.5, 0.6) is 0 Å². The Morgan fingerprint density at radius 1 is 1.23 bits per heavy atom. The van der Waals surface area contributed by atoms with Gasteiger partial charge in [0.1, 0.15) is 6.04 Å². The number of aromatic amines is 1. The number of carboxylic acid groups (broad SMARTS) is 2. The Bertz CT molecular complexity index is 1010. The molecule has 1 unspecified atom stereocenters. The molecule has 4 N–H and O–H groups in total. The molecule has 10 heteroatoms. The van der Waals surface area contributed by atoms with Crippen molar-refractivity contribution in [3.63, 3.8) is 0 Å². The molecule has 0 saturated heterocycles. The largest absolute Gasteiger partial charge is 0.481 e. The van der Waals surface area contributed by atoms with E-state index in [9.17, 15) is 14.4 Å². The molecule has 3 rings (SSSR count). The van der Waals surface area contributed by atoms with Crippen LogP contribution in [0.25, 0.3) is 11.2 Å². The number of carbonyl (C=O) groups is 2. The molecule has 2 aromatic heterocycles. The van der Waals surface area contributed by atoms with Gasteiger partial charge in [-0.05, 0) is 5.56 Å². The van der Waals surface area contributed by atoms with Crippen LogP contribution in [0.4, 0.5) is 5.95 Å². The molecule has 0 bridgehead atoms. The summed E-state index contributed by atoms with van der Waals surface area (Å²) in [5.74, 6) is -2.81. The molecular weight excluding hydrogens is 342 g/mol. The van der Waals surface area contributed by atoms with Crippen LogP contribution in [0.1, 0.15) is 12.0 Å². The van der Waals surface area contributed by atoms with E-state index in [4.69, 9.17) is 10.2 Å².